The Morgan fingerprint density at radius 1 is 1.31 bits per heavy atom. The minimum atomic E-state index is -0.261. The molecule has 0 spiro atoms. The molecule has 0 saturated heterocycles. The number of rotatable bonds is 6. The lowest BCUT2D eigenvalue weighted by Gasteiger charge is -2.18. The van der Waals surface area contributed by atoms with Crippen molar-refractivity contribution in [3.8, 4) is 5.75 Å². The molecule has 0 N–H and O–H groups in total. The molecule has 0 unspecified atom stereocenters. The van der Waals surface area contributed by atoms with Crippen LogP contribution in [0.25, 0.3) is 0 Å². The maximum atomic E-state index is 12.8. The van der Waals surface area contributed by atoms with Gasteiger partial charge in [0.25, 0.3) is 0 Å². The number of nitrogens with zero attached hydrogens (tertiary/aromatic N) is 1. The Morgan fingerprint density at radius 2 is 2.00 bits per heavy atom. The predicted octanol–water partition coefficient (Wildman–Crippen LogP) is 3.31. The molecule has 0 heterocycles. The highest BCUT2D eigenvalue weighted by molar-refractivity contribution is 9.10. The number of benzene rings is 1. The van der Waals surface area contributed by atoms with Crippen LogP contribution >= 0.6 is 15.9 Å². The summed E-state index contributed by atoms with van der Waals surface area (Å²) in [5.74, 6) is 0.427. The molecule has 0 aromatic heterocycles. The van der Waals surface area contributed by atoms with Crippen molar-refractivity contribution in [1.29, 1.82) is 0 Å². The average molecular weight is 290 g/mol. The number of likely N-dealkylation sites (N-methyl/N-ethyl adjacent to an activating group) is 1. The van der Waals surface area contributed by atoms with Crippen LogP contribution < -0.4 is 4.74 Å². The van der Waals surface area contributed by atoms with Crippen LogP contribution in [0, 0.1) is 5.82 Å². The summed E-state index contributed by atoms with van der Waals surface area (Å²) in [6, 6.07) is 4.45. The van der Waals surface area contributed by atoms with E-state index in [1.165, 1.54) is 12.1 Å². The first-order valence-electron chi connectivity index (χ1n) is 5.47. The molecule has 0 aliphatic heterocycles. The number of hydrogen-bond donors (Lipinski definition) is 0. The van der Waals surface area contributed by atoms with Crippen LogP contribution in [0.1, 0.15) is 13.8 Å². The second-order valence-corrected chi connectivity index (χ2v) is 4.30. The molecule has 0 saturated carbocycles. The van der Waals surface area contributed by atoms with E-state index in [4.69, 9.17) is 4.74 Å². The quantitative estimate of drug-likeness (QED) is 0.797. The topological polar surface area (TPSA) is 12.5 Å². The molecule has 4 heteroatoms. The van der Waals surface area contributed by atoms with E-state index in [0.717, 1.165) is 19.6 Å². The Morgan fingerprint density at radius 3 is 2.56 bits per heavy atom. The Kier molecular flexibility index (Phi) is 5.77. The lowest BCUT2D eigenvalue weighted by Crippen LogP contribution is -2.27. The van der Waals surface area contributed by atoms with E-state index in [-0.39, 0.29) is 5.82 Å². The zero-order chi connectivity index (χ0) is 12.0. The molecule has 0 fully saturated rings. The van der Waals surface area contributed by atoms with E-state index in [1.807, 2.05) is 0 Å². The second-order valence-electron chi connectivity index (χ2n) is 3.45. The third-order valence-corrected chi connectivity index (χ3v) is 3.07. The van der Waals surface area contributed by atoms with Gasteiger partial charge in [-0.15, -0.1) is 0 Å². The molecular formula is C12H17BrFNO. The Bertz CT molecular complexity index is 329. The zero-order valence-electron chi connectivity index (χ0n) is 9.67. The Labute approximate surface area is 105 Å². The van der Waals surface area contributed by atoms with Crippen molar-refractivity contribution >= 4 is 15.9 Å². The highest BCUT2D eigenvalue weighted by atomic mass is 79.9. The zero-order valence-corrected chi connectivity index (χ0v) is 11.3. The van der Waals surface area contributed by atoms with Gasteiger partial charge >= 0.3 is 0 Å². The Hall–Kier alpha value is -0.610. The highest BCUT2D eigenvalue weighted by Crippen LogP contribution is 2.25. The molecule has 0 radical (unpaired) electrons. The summed E-state index contributed by atoms with van der Waals surface area (Å²) in [7, 11) is 0. The monoisotopic (exact) mass is 289 g/mol. The van der Waals surface area contributed by atoms with Crippen molar-refractivity contribution < 1.29 is 9.13 Å². The molecule has 0 aliphatic rings. The van der Waals surface area contributed by atoms with Gasteiger partial charge in [-0.3, -0.25) is 0 Å². The van der Waals surface area contributed by atoms with Crippen molar-refractivity contribution in [2.45, 2.75) is 13.8 Å². The SMILES string of the molecule is CCN(CC)CCOc1ccc(F)cc1Br. The molecule has 1 rings (SSSR count). The standard InChI is InChI=1S/C12H17BrFNO/c1-3-15(4-2)7-8-16-12-6-5-10(14)9-11(12)13/h5-6,9H,3-4,7-8H2,1-2H3. The van der Waals surface area contributed by atoms with Gasteiger partial charge in [0.05, 0.1) is 4.47 Å². The smallest absolute Gasteiger partial charge is 0.133 e. The summed E-state index contributed by atoms with van der Waals surface area (Å²) in [5, 5.41) is 0. The average Bonchev–Trinajstić information content (AvgIpc) is 2.27. The summed E-state index contributed by atoms with van der Waals surface area (Å²) in [4.78, 5) is 2.28. The van der Waals surface area contributed by atoms with Gasteiger partial charge in [-0.25, -0.2) is 4.39 Å². The minimum absolute atomic E-state index is 0.261. The largest absolute Gasteiger partial charge is 0.491 e. The highest BCUT2D eigenvalue weighted by Gasteiger charge is 2.03. The third kappa shape index (κ3) is 4.10. The Balaban J connectivity index is 2.42. The van der Waals surface area contributed by atoms with Gasteiger partial charge < -0.3 is 9.64 Å². The predicted molar refractivity (Wildman–Crippen MR) is 67.4 cm³/mol. The summed E-state index contributed by atoms with van der Waals surface area (Å²) < 4.78 is 19.0. The number of hydrogen-bond acceptors (Lipinski definition) is 2. The van der Waals surface area contributed by atoms with Gasteiger partial charge in [0.15, 0.2) is 0 Å². The lowest BCUT2D eigenvalue weighted by atomic mass is 10.3. The van der Waals surface area contributed by atoms with Gasteiger partial charge in [-0.05, 0) is 47.2 Å². The molecular weight excluding hydrogens is 273 g/mol. The molecule has 1 aromatic rings. The van der Waals surface area contributed by atoms with E-state index in [9.17, 15) is 4.39 Å². The molecule has 1 aromatic carbocycles. The van der Waals surface area contributed by atoms with Crippen molar-refractivity contribution in [2.75, 3.05) is 26.2 Å². The van der Waals surface area contributed by atoms with E-state index in [1.54, 1.807) is 6.07 Å². The molecule has 0 bridgehead atoms. The fourth-order valence-electron chi connectivity index (χ4n) is 1.42. The molecule has 0 atom stereocenters. The van der Waals surface area contributed by atoms with Gasteiger partial charge in [0.2, 0.25) is 0 Å². The summed E-state index contributed by atoms with van der Waals surface area (Å²) in [6.45, 7) is 7.78. The number of halogens is 2. The van der Waals surface area contributed by atoms with Crippen LogP contribution in [0.4, 0.5) is 4.39 Å². The number of ether oxygens (including phenoxy) is 1. The normalized spacial score (nSPS) is 10.8. The van der Waals surface area contributed by atoms with Gasteiger partial charge in [0.1, 0.15) is 18.2 Å². The second kappa shape index (κ2) is 6.86. The van der Waals surface area contributed by atoms with Crippen molar-refractivity contribution in [1.82, 2.24) is 4.90 Å². The fraction of sp³-hybridized carbons (Fsp3) is 0.500. The van der Waals surface area contributed by atoms with E-state index < -0.39 is 0 Å². The molecule has 0 amide bonds. The lowest BCUT2D eigenvalue weighted by molar-refractivity contribution is 0.222. The third-order valence-electron chi connectivity index (χ3n) is 2.45. The molecule has 2 nitrogen and oxygen atoms in total. The molecule has 16 heavy (non-hydrogen) atoms. The van der Waals surface area contributed by atoms with Gasteiger partial charge in [-0.2, -0.15) is 0 Å². The van der Waals surface area contributed by atoms with Gasteiger partial charge in [-0.1, -0.05) is 13.8 Å². The van der Waals surface area contributed by atoms with Crippen LogP contribution in [-0.4, -0.2) is 31.1 Å². The van der Waals surface area contributed by atoms with Crippen LogP contribution in [-0.2, 0) is 0 Å². The maximum Gasteiger partial charge on any atom is 0.133 e. The maximum absolute atomic E-state index is 12.8. The summed E-state index contributed by atoms with van der Waals surface area (Å²) in [6.07, 6.45) is 0. The van der Waals surface area contributed by atoms with Crippen LogP contribution in [0.3, 0.4) is 0 Å². The first-order chi connectivity index (χ1) is 7.67. The van der Waals surface area contributed by atoms with Crippen molar-refractivity contribution in [3.63, 3.8) is 0 Å². The van der Waals surface area contributed by atoms with Gasteiger partial charge in [0, 0.05) is 6.54 Å². The van der Waals surface area contributed by atoms with Crippen LogP contribution in [0.15, 0.2) is 22.7 Å². The van der Waals surface area contributed by atoms with Crippen molar-refractivity contribution in [3.05, 3.63) is 28.5 Å². The fourth-order valence-corrected chi connectivity index (χ4v) is 1.88. The van der Waals surface area contributed by atoms with Crippen LogP contribution in [0.2, 0.25) is 0 Å². The summed E-state index contributed by atoms with van der Waals surface area (Å²) >= 11 is 3.27. The first-order valence-corrected chi connectivity index (χ1v) is 6.26. The van der Waals surface area contributed by atoms with E-state index >= 15 is 0 Å². The summed E-state index contributed by atoms with van der Waals surface area (Å²) in [5.41, 5.74) is 0. The van der Waals surface area contributed by atoms with Crippen molar-refractivity contribution in [2.24, 2.45) is 0 Å². The van der Waals surface area contributed by atoms with Crippen LogP contribution in [0.5, 0.6) is 5.75 Å². The molecule has 0 aliphatic carbocycles. The van der Waals surface area contributed by atoms with E-state index in [0.29, 0.717) is 16.8 Å². The van der Waals surface area contributed by atoms with E-state index in [2.05, 4.69) is 34.7 Å². The first kappa shape index (κ1) is 13.5. The minimum Gasteiger partial charge on any atom is -0.491 e. The molecule has 90 valence electrons.